The smallest absolute Gasteiger partial charge is 0.310 e. The second-order valence-electron chi connectivity index (χ2n) is 55.9. The Kier molecular flexibility index (Phi) is 20.1. The summed E-state index contributed by atoms with van der Waals surface area (Å²) < 4.78 is 71.3. The molecule has 0 amide bonds. The van der Waals surface area contributed by atoms with Gasteiger partial charge in [0.1, 0.15) is 18.3 Å². The molecule has 6 aromatic carbocycles. The Labute approximate surface area is 880 Å². The number of fused-ring (bicyclic) bond motifs is 77. The van der Waals surface area contributed by atoms with E-state index in [0.717, 1.165) is 277 Å². The van der Waals surface area contributed by atoms with Crippen LogP contribution in [0.5, 0.6) is 0 Å². The minimum atomic E-state index is -0.780. The van der Waals surface area contributed by atoms with Gasteiger partial charge in [-0.25, -0.2) is 0 Å². The summed E-state index contributed by atoms with van der Waals surface area (Å²) in [6, 6.07) is 50.0. The summed E-state index contributed by atoms with van der Waals surface area (Å²) in [6.07, 6.45) is 45.3. The van der Waals surface area contributed by atoms with Gasteiger partial charge >= 0.3 is 35.8 Å². The maximum Gasteiger partial charge on any atom is 0.310 e. The average molecular weight is 2020 g/mol. The van der Waals surface area contributed by atoms with E-state index >= 15 is 0 Å². The van der Waals surface area contributed by atoms with Gasteiger partial charge in [0.05, 0.1) is 109 Å². The summed E-state index contributed by atoms with van der Waals surface area (Å²) >= 11 is 0. The molecular formula is C132H144O18. The van der Waals surface area contributed by atoms with E-state index in [4.69, 9.17) is 69.7 Å². The van der Waals surface area contributed by atoms with Gasteiger partial charge in [-0.15, -0.1) is 12.8 Å². The van der Waals surface area contributed by atoms with Crippen LogP contribution >= 0.6 is 0 Å². The van der Waals surface area contributed by atoms with E-state index in [0.29, 0.717) is 109 Å². The summed E-state index contributed by atoms with van der Waals surface area (Å²) in [5.41, 5.74) is 8.09. The first kappa shape index (κ1) is 91.5. The number of carbonyl (C=O) groups excluding carboxylic acids is 6. The Morgan fingerprint density at radius 3 is 1.05 bits per heavy atom. The summed E-state index contributed by atoms with van der Waals surface area (Å²) in [5.74, 6) is 32.9. The normalized spacial score (nSPS) is 50.2. The molecule has 0 N–H and O–H groups in total. The second kappa shape index (κ2) is 33.0. The first-order valence-electron chi connectivity index (χ1n) is 60.2. The number of esters is 6. The number of aryl methyl sites for hydroxylation is 1. The van der Waals surface area contributed by atoms with Crippen molar-refractivity contribution in [2.75, 3.05) is 0 Å². The van der Waals surface area contributed by atoms with E-state index in [-0.39, 0.29) is 95.7 Å². The third kappa shape index (κ3) is 13.4. The molecule has 31 fully saturated rings. The van der Waals surface area contributed by atoms with Gasteiger partial charge in [0.15, 0.2) is 17.3 Å². The van der Waals surface area contributed by atoms with Crippen molar-refractivity contribution in [3.05, 3.63) is 179 Å². The molecule has 6 aliphatic heterocycles. The van der Waals surface area contributed by atoms with E-state index < -0.39 is 11.2 Å². The van der Waals surface area contributed by atoms with Crippen LogP contribution in [0.3, 0.4) is 0 Å². The lowest BCUT2D eigenvalue weighted by Crippen LogP contribution is -2.41. The Bertz CT molecular complexity index is 6640. The van der Waals surface area contributed by atoms with Crippen molar-refractivity contribution >= 4 is 46.6 Å². The highest BCUT2D eigenvalue weighted by molar-refractivity contribution is 5.84. The topological polar surface area (TPSA) is 233 Å². The van der Waals surface area contributed by atoms with Crippen LogP contribution in [0.4, 0.5) is 0 Å². The van der Waals surface area contributed by atoms with E-state index in [1.807, 2.05) is 44.2 Å². The number of benzene rings is 6. The van der Waals surface area contributed by atoms with Crippen molar-refractivity contribution in [1.29, 1.82) is 0 Å². The highest BCUT2D eigenvalue weighted by atomic mass is 16.6. The molecule has 18 nitrogen and oxygen atoms in total. The highest BCUT2D eigenvalue weighted by Gasteiger charge is 2.81. The number of hydrogen-bond donors (Lipinski definition) is 0. The number of ether oxygens (including phenoxy) is 12. The van der Waals surface area contributed by atoms with Gasteiger partial charge in [-0.05, 0) is 445 Å². The summed E-state index contributed by atoms with van der Waals surface area (Å²) in [4.78, 5) is 77.9. The summed E-state index contributed by atoms with van der Waals surface area (Å²) in [7, 11) is 0. The second-order valence-corrected chi connectivity index (χ2v) is 55.9. The quantitative estimate of drug-likeness (QED) is 0.0324. The fourth-order valence-corrected chi connectivity index (χ4v) is 45.7. The molecule has 6 saturated heterocycles. The number of carbonyl (C=O) groups is 6. The zero-order chi connectivity index (χ0) is 99.6. The van der Waals surface area contributed by atoms with Crippen molar-refractivity contribution in [1.82, 2.24) is 0 Å². The predicted octanol–water partition coefficient (Wildman–Crippen LogP) is 21.5. The summed E-state index contributed by atoms with van der Waals surface area (Å²) in [6.45, 7) is 7.59. The first-order valence-corrected chi connectivity index (χ1v) is 60.2. The molecule has 6 aromatic rings. The maximum absolute atomic E-state index is 13.4. The van der Waals surface area contributed by atoms with Gasteiger partial charge in [0.25, 0.3) is 0 Å². The highest BCUT2D eigenvalue weighted by Crippen LogP contribution is 2.81. The molecule has 6 heterocycles. The fourth-order valence-electron chi connectivity index (χ4n) is 45.7. The molecule has 57 unspecified atom stereocenters. The number of hydrogen-bond acceptors (Lipinski definition) is 18. The Morgan fingerprint density at radius 2 is 0.653 bits per heavy atom. The molecule has 780 valence electrons. The Balaban J connectivity index is 0.0000000768. The molecule has 39 rings (SSSR count). The lowest BCUT2D eigenvalue weighted by atomic mass is 9.67. The zero-order valence-corrected chi connectivity index (χ0v) is 86.8. The standard InChI is InChI=1S/C26H24O3.C25H26O3.C22H24O3.C21H24O3.C20H24O3.C18H22O3/c27-26(29-23-15-7-3-1-5-13(15)14-6-2-4-8-16(14)23)18-10-12-9-17(18)22-20-11-19(21(12)22)24-25(20)28-24;1-12(14-7-6-13-4-2-3-5-15(13)8-14)27-25(26)18-10-16-9-17(18)22-20-11-19(21(16)22)23-24(20)28-23;23-22(24-17-6-5-10-3-1-2-4-12(10)17)14-8-11-7-13(14)19-16-9-15(18(11)19)20-21(16)25-20;1-10(11-5-3-2-4-6-11)23-21(22)14-8-12-7-13(14)18-16-9-15(17(12)18)19-20(16)24-19;1-2-20(5-3-4-6-20)23-19(21)12-8-10-7-11(12)16-14-9-13(15(10)16)17-18(14)22-17;1-4-18(2,3)21-17(19)10-6-8-5-9(10)14-12-7-11(13(8)14)15-16(12)20-15/h1-8,12,17-25H,9-11H2;2-8,12,16-24H,9-11H2,1H3;1-4,11,13-21H,5-9H2;2-6,10,12-20H,7-9H2,1H3;1,10-18H,3-9H2;1,8-16H,5-7H2,2-3H3. The van der Waals surface area contributed by atoms with Gasteiger partial charge in [-0.1, -0.05) is 151 Å². The SMILES string of the molecule is C#CC(C)(C)OC(=O)C1CC2CC1C1C3CC(C4OC34)C21.C#CC1(OC(=O)C2CC3CC2C2C4CC(C5OC45)C32)CCCC1.CC(OC(=O)C1CC2CC1C1C3CC(C4OC34)C21)c1ccc2ccccc2c1.CC(OC(=O)C1CC2CC1C1C3CC(C4OC34)C21)c1ccccc1.O=C(OC1CCc2ccccc21)C1CC2CC1C1C3CC(C4OC34)C21.O=C(OC1c2ccccc2-c2ccccc21)C1CC2CC1C1C3CC(C4OC34)C21. The van der Waals surface area contributed by atoms with Gasteiger partial charge in [0.2, 0.25) is 0 Å². The lowest BCUT2D eigenvalue weighted by molar-refractivity contribution is -0.163. The van der Waals surface area contributed by atoms with Crippen molar-refractivity contribution in [3.8, 4) is 35.8 Å². The number of terminal acetylenes is 2. The monoisotopic (exact) mass is 2020 g/mol. The fraction of sp³-hybridized carbons (Fsp3) is 0.667. The van der Waals surface area contributed by atoms with Crippen molar-refractivity contribution < 1.29 is 85.6 Å². The molecule has 25 saturated carbocycles. The Hall–Kier alpha value is -8.72. The maximum atomic E-state index is 13.4. The van der Waals surface area contributed by atoms with Crippen molar-refractivity contribution in [3.63, 3.8) is 0 Å². The van der Waals surface area contributed by atoms with Crippen LogP contribution in [-0.4, -0.2) is 120 Å². The Morgan fingerprint density at radius 1 is 0.327 bits per heavy atom. The third-order valence-electron chi connectivity index (χ3n) is 50.4. The van der Waals surface area contributed by atoms with Crippen LogP contribution in [-0.2, 0) is 92.0 Å². The van der Waals surface area contributed by atoms with E-state index in [9.17, 15) is 28.8 Å². The van der Waals surface area contributed by atoms with E-state index in [1.165, 1.54) is 110 Å². The molecule has 33 aliphatic rings. The van der Waals surface area contributed by atoms with Crippen molar-refractivity contribution in [2.45, 2.75) is 291 Å². The van der Waals surface area contributed by atoms with Crippen molar-refractivity contribution in [2.24, 2.45) is 249 Å². The molecular weight excluding hydrogens is 1870 g/mol. The molecule has 27 aliphatic carbocycles. The minimum Gasteiger partial charge on any atom is -0.458 e. The lowest BCUT2D eigenvalue weighted by Gasteiger charge is -2.37. The van der Waals surface area contributed by atoms with Crippen LogP contribution < -0.4 is 0 Å². The van der Waals surface area contributed by atoms with Gasteiger partial charge < -0.3 is 56.8 Å². The molecule has 57 atom stereocenters. The molecule has 24 bridgehead atoms. The van der Waals surface area contributed by atoms with E-state index in [2.05, 4.69) is 127 Å². The van der Waals surface area contributed by atoms with Crippen LogP contribution in [0.15, 0.2) is 146 Å². The largest absolute Gasteiger partial charge is 0.458 e. The van der Waals surface area contributed by atoms with Gasteiger partial charge in [-0.2, -0.15) is 0 Å². The molecule has 18 heteroatoms. The molecule has 0 radical (unpaired) electrons. The van der Waals surface area contributed by atoms with Crippen LogP contribution in [0, 0.1) is 273 Å². The zero-order valence-electron chi connectivity index (χ0n) is 86.8. The number of rotatable bonds is 14. The molecule has 150 heavy (non-hydrogen) atoms. The molecule has 0 spiro atoms. The van der Waals surface area contributed by atoms with Crippen LogP contribution in [0.25, 0.3) is 21.9 Å². The molecule has 0 aromatic heterocycles. The third-order valence-corrected chi connectivity index (χ3v) is 50.4. The van der Waals surface area contributed by atoms with Crippen LogP contribution in [0.1, 0.15) is 233 Å². The van der Waals surface area contributed by atoms with Gasteiger partial charge in [0, 0.05) is 11.1 Å². The first-order chi connectivity index (χ1) is 73.2. The minimum absolute atomic E-state index is 0.00482. The van der Waals surface area contributed by atoms with Gasteiger partial charge in [-0.3, -0.25) is 28.8 Å². The average Bonchev–Trinajstić information content (AvgIpc) is 1.53. The van der Waals surface area contributed by atoms with Crippen LogP contribution in [0.2, 0.25) is 0 Å². The predicted molar refractivity (Wildman–Crippen MR) is 550 cm³/mol. The number of epoxide rings is 6. The summed E-state index contributed by atoms with van der Waals surface area (Å²) in [5, 5.41) is 2.42. The van der Waals surface area contributed by atoms with E-state index in [1.54, 1.807) is 13.8 Å².